The zero-order chi connectivity index (χ0) is 20.2. The number of halogens is 3. The minimum atomic E-state index is -4.31. The van der Waals surface area contributed by atoms with Gasteiger partial charge in [-0.15, -0.1) is 0 Å². The average Bonchev–Trinajstić information content (AvgIpc) is 2.61. The van der Waals surface area contributed by atoms with Crippen LogP contribution in [0.25, 0.3) is 0 Å². The Morgan fingerprint density at radius 2 is 1.89 bits per heavy atom. The molecule has 0 spiro atoms. The molecule has 0 amide bonds. The van der Waals surface area contributed by atoms with E-state index < -0.39 is 29.6 Å². The summed E-state index contributed by atoms with van der Waals surface area (Å²) in [4.78, 5) is 21.3. The van der Waals surface area contributed by atoms with Gasteiger partial charge in [0.15, 0.2) is 6.10 Å². The molecule has 1 aromatic rings. The van der Waals surface area contributed by atoms with Gasteiger partial charge >= 0.3 is 18.1 Å². The van der Waals surface area contributed by atoms with Crippen LogP contribution in [0.2, 0.25) is 0 Å². The van der Waals surface area contributed by atoms with Crippen LogP contribution in [0.15, 0.2) is 48.1 Å². The van der Waals surface area contributed by atoms with Gasteiger partial charge in [0.2, 0.25) is 0 Å². The van der Waals surface area contributed by atoms with Crippen LogP contribution in [-0.2, 0) is 20.7 Å². The van der Waals surface area contributed by atoms with Crippen molar-refractivity contribution in [1.82, 2.24) is 0 Å². The number of carboxylic acids is 2. The summed E-state index contributed by atoms with van der Waals surface area (Å²) in [7, 11) is 0. The summed E-state index contributed by atoms with van der Waals surface area (Å²) >= 11 is 0. The Morgan fingerprint density at radius 1 is 1.22 bits per heavy atom. The minimum Gasteiger partial charge on any atom is -0.481 e. The number of allylic oxidation sites excluding steroid dienone is 2. The molecule has 2 atom stereocenters. The molecule has 1 aliphatic heterocycles. The van der Waals surface area contributed by atoms with Gasteiger partial charge in [-0.25, -0.2) is 4.79 Å². The van der Waals surface area contributed by atoms with Crippen LogP contribution in [0, 0.1) is 5.41 Å². The predicted molar refractivity (Wildman–Crippen MR) is 90.1 cm³/mol. The van der Waals surface area contributed by atoms with Crippen molar-refractivity contribution in [2.45, 2.75) is 32.0 Å². The van der Waals surface area contributed by atoms with Crippen LogP contribution in [0.4, 0.5) is 13.2 Å². The van der Waals surface area contributed by atoms with E-state index in [4.69, 9.17) is 14.9 Å². The van der Waals surface area contributed by atoms with Crippen LogP contribution in [0.1, 0.15) is 30.6 Å². The van der Waals surface area contributed by atoms with E-state index in [1.54, 1.807) is 18.2 Å². The number of benzene rings is 1. The standard InChI is InChI=1S/C10H9F3O.C9H10O4/c11-10(12,13)9-8-4-2-1-3-7(8)5-6-14-9;1-9(8(12)13)4-2-3-6(5-9)7(10)11/h1-4,9H,5-6H2;2-4H,5H2,1H3,(H,10,11)(H,12,13). The van der Waals surface area contributed by atoms with E-state index in [0.29, 0.717) is 6.42 Å². The van der Waals surface area contributed by atoms with Crippen LogP contribution in [-0.4, -0.2) is 34.9 Å². The van der Waals surface area contributed by atoms with E-state index in [-0.39, 0.29) is 24.2 Å². The van der Waals surface area contributed by atoms with E-state index in [1.807, 2.05) is 0 Å². The minimum absolute atomic E-state index is 0.0359. The second kappa shape index (κ2) is 7.96. The molecular weight excluding hydrogens is 365 g/mol. The molecule has 0 saturated carbocycles. The smallest absolute Gasteiger partial charge is 0.418 e. The molecule has 27 heavy (non-hydrogen) atoms. The van der Waals surface area contributed by atoms with Crippen molar-refractivity contribution in [3.05, 3.63) is 59.2 Å². The molecule has 1 heterocycles. The van der Waals surface area contributed by atoms with Crippen LogP contribution >= 0.6 is 0 Å². The lowest BCUT2D eigenvalue weighted by atomic mass is 9.80. The second-order valence-corrected chi connectivity index (χ2v) is 6.50. The summed E-state index contributed by atoms with van der Waals surface area (Å²) in [6, 6.07) is 6.55. The highest BCUT2D eigenvalue weighted by Crippen LogP contribution is 2.39. The molecule has 1 aliphatic carbocycles. The van der Waals surface area contributed by atoms with Gasteiger partial charge in [-0.2, -0.15) is 13.2 Å². The normalized spacial score (nSPS) is 24.1. The molecule has 0 bridgehead atoms. The Labute approximate surface area is 153 Å². The number of ether oxygens (including phenoxy) is 1. The summed E-state index contributed by atoms with van der Waals surface area (Å²) in [6.07, 6.45) is -1.06. The van der Waals surface area contributed by atoms with Gasteiger partial charge < -0.3 is 14.9 Å². The van der Waals surface area contributed by atoms with Crippen LogP contribution < -0.4 is 0 Å². The Bertz CT molecular complexity index is 782. The molecular formula is C19H19F3O5. The molecule has 1 aromatic carbocycles. The average molecular weight is 384 g/mol. The van der Waals surface area contributed by atoms with E-state index >= 15 is 0 Å². The SMILES string of the molecule is CC1(C(=O)O)C=CC=C(C(=O)O)C1.FC(F)(F)C1OCCc2ccccc21. The molecule has 0 aromatic heterocycles. The topological polar surface area (TPSA) is 83.8 Å². The first-order valence-electron chi connectivity index (χ1n) is 8.16. The first-order chi connectivity index (χ1) is 12.5. The molecule has 0 radical (unpaired) electrons. The molecule has 8 heteroatoms. The highest BCUT2D eigenvalue weighted by atomic mass is 19.4. The number of carbonyl (C=O) groups is 2. The third-order valence-electron chi connectivity index (χ3n) is 4.37. The molecule has 146 valence electrons. The molecule has 3 rings (SSSR count). The van der Waals surface area contributed by atoms with Crippen molar-refractivity contribution in [2.75, 3.05) is 6.61 Å². The second-order valence-electron chi connectivity index (χ2n) is 6.50. The molecule has 2 aliphatic rings. The number of alkyl halides is 3. The van der Waals surface area contributed by atoms with Crippen LogP contribution in [0.5, 0.6) is 0 Å². The summed E-state index contributed by atoms with van der Waals surface area (Å²) < 4.78 is 42.2. The predicted octanol–water partition coefficient (Wildman–Crippen LogP) is 3.91. The highest BCUT2D eigenvalue weighted by Gasteiger charge is 2.44. The monoisotopic (exact) mass is 384 g/mol. The maximum Gasteiger partial charge on any atom is 0.418 e. The fourth-order valence-corrected chi connectivity index (χ4v) is 2.85. The lowest BCUT2D eigenvalue weighted by Gasteiger charge is -2.27. The van der Waals surface area contributed by atoms with Crippen molar-refractivity contribution in [2.24, 2.45) is 5.41 Å². The van der Waals surface area contributed by atoms with Gasteiger partial charge in [0, 0.05) is 5.57 Å². The lowest BCUT2D eigenvalue weighted by molar-refractivity contribution is -0.227. The fraction of sp³-hybridized carbons (Fsp3) is 0.368. The zero-order valence-corrected chi connectivity index (χ0v) is 14.5. The van der Waals surface area contributed by atoms with E-state index in [1.165, 1.54) is 31.2 Å². The van der Waals surface area contributed by atoms with Crippen molar-refractivity contribution >= 4 is 11.9 Å². The maximum absolute atomic E-state index is 12.5. The largest absolute Gasteiger partial charge is 0.481 e. The van der Waals surface area contributed by atoms with E-state index in [9.17, 15) is 22.8 Å². The quantitative estimate of drug-likeness (QED) is 0.808. The zero-order valence-electron chi connectivity index (χ0n) is 14.5. The summed E-state index contributed by atoms with van der Waals surface area (Å²) in [5.41, 5.74) is 0.0439. The van der Waals surface area contributed by atoms with Gasteiger partial charge in [-0.3, -0.25) is 4.79 Å². The summed E-state index contributed by atoms with van der Waals surface area (Å²) in [6.45, 7) is 1.64. The number of carboxylic acid groups (broad SMARTS) is 2. The fourth-order valence-electron chi connectivity index (χ4n) is 2.85. The molecule has 0 saturated heterocycles. The number of hydrogen-bond acceptors (Lipinski definition) is 3. The molecule has 5 nitrogen and oxygen atoms in total. The Kier molecular flexibility index (Phi) is 6.10. The molecule has 2 N–H and O–H groups in total. The van der Waals surface area contributed by atoms with Gasteiger partial charge in [0.1, 0.15) is 0 Å². The molecule has 0 fully saturated rings. The van der Waals surface area contributed by atoms with Gasteiger partial charge in [0.25, 0.3) is 0 Å². The van der Waals surface area contributed by atoms with E-state index in [0.717, 1.165) is 5.56 Å². The maximum atomic E-state index is 12.5. The van der Waals surface area contributed by atoms with Crippen molar-refractivity contribution in [1.29, 1.82) is 0 Å². The Hall–Kier alpha value is -2.61. The number of rotatable bonds is 2. The van der Waals surface area contributed by atoms with Gasteiger partial charge in [-0.1, -0.05) is 42.5 Å². The Morgan fingerprint density at radius 3 is 2.48 bits per heavy atom. The Balaban J connectivity index is 0.000000194. The van der Waals surface area contributed by atoms with Gasteiger partial charge in [-0.05, 0) is 30.9 Å². The third-order valence-corrected chi connectivity index (χ3v) is 4.37. The van der Waals surface area contributed by atoms with E-state index in [2.05, 4.69) is 0 Å². The van der Waals surface area contributed by atoms with Crippen molar-refractivity contribution in [3.63, 3.8) is 0 Å². The summed E-state index contributed by atoms with van der Waals surface area (Å²) in [5.74, 6) is -2.06. The van der Waals surface area contributed by atoms with Gasteiger partial charge in [0.05, 0.1) is 12.0 Å². The number of hydrogen-bond donors (Lipinski definition) is 2. The lowest BCUT2D eigenvalue weighted by Crippen LogP contribution is -2.28. The number of aliphatic carboxylic acids is 2. The highest BCUT2D eigenvalue weighted by molar-refractivity contribution is 5.90. The summed E-state index contributed by atoms with van der Waals surface area (Å²) in [5, 5.41) is 17.5. The number of fused-ring (bicyclic) bond motifs is 1. The first-order valence-corrected chi connectivity index (χ1v) is 8.16. The third kappa shape index (κ3) is 4.97. The molecule has 2 unspecified atom stereocenters. The van der Waals surface area contributed by atoms with Crippen molar-refractivity contribution in [3.8, 4) is 0 Å². The van der Waals surface area contributed by atoms with Crippen LogP contribution in [0.3, 0.4) is 0 Å². The van der Waals surface area contributed by atoms with Crippen molar-refractivity contribution < 1.29 is 37.7 Å². The first kappa shape index (κ1) is 20.7.